The van der Waals surface area contributed by atoms with Crippen LogP contribution >= 0.6 is 11.6 Å². The highest BCUT2D eigenvalue weighted by atomic mass is 35.5. The Bertz CT molecular complexity index is 628. The first-order valence-corrected chi connectivity index (χ1v) is 10.2. The molecule has 3 aliphatic rings. The van der Waals surface area contributed by atoms with Crippen molar-refractivity contribution in [1.82, 2.24) is 5.32 Å². The van der Waals surface area contributed by atoms with E-state index in [1.165, 1.54) is 5.57 Å². The number of epoxide rings is 1. The maximum atomic E-state index is 12.0. The topological polar surface area (TPSA) is 77.2 Å². The van der Waals surface area contributed by atoms with E-state index in [0.29, 0.717) is 12.3 Å². The first-order valence-electron chi connectivity index (χ1n) is 9.62. The van der Waals surface area contributed by atoms with Crippen LogP contribution in [0.15, 0.2) is 11.6 Å². The van der Waals surface area contributed by atoms with Gasteiger partial charge in [-0.2, -0.15) is 0 Å². The average molecular weight is 400 g/mol. The summed E-state index contributed by atoms with van der Waals surface area (Å²) in [4.78, 5) is 23.4. The number of carbonyl (C=O) groups excluding carboxylic acids is 2. The fourth-order valence-corrected chi connectivity index (χ4v) is 4.99. The van der Waals surface area contributed by atoms with E-state index in [9.17, 15) is 9.59 Å². The number of rotatable bonds is 6. The number of hydrogen-bond donors (Lipinski definition) is 1. The lowest BCUT2D eigenvalue weighted by atomic mass is 9.67. The maximum Gasteiger partial charge on any atom is 0.414 e. The molecule has 1 N–H and O–H groups in total. The van der Waals surface area contributed by atoms with Gasteiger partial charge in [0.15, 0.2) is 0 Å². The predicted octanol–water partition coefficient (Wildman–Crippen LogP) is 3.42. The second-order valence-electron chi connectivity index (χ2n) is 8.62. The molecular formula is C20H30ClNO5. The number of imide groups is 1. The van der Waals surface area contributed by atoms with Crippen LogP contribution < -0.4 is 5.32 Å². The number of allylic oxidation sites excluding steroid dienone is 2. The van der Waals surface area contributed by atoms with Crippen LogP contribution in [0.3, 0.4) is 0 Å². The molecule has 2 saturated carbocycles. The molecular weight excluding hydrogens is 370 g/mol. The number of hydrogen-bond acceptors (Lipinski definition) is 5. The van der Waals surface area contributed by atoms with Crippen LogP contribution in [0.5, 0.6) is 0 Å². The fraction of sp³-hybridized carbons (Fsp3) is 0.800. The zero-order valence-electron chi connectivity index (χ0n) is 16.5. The SMILES string of the molecule is CO[C@H]1C(C2(C)C[C@@H]2CC=C(C)C)[C@]2(CC[C@H]1OC(=O)NC(=O)CCl)CO2. The lowest BCUT2D eigenvalue weighted by Gasteiger charge is -2.44. The molecule has 3 fully saturated rings. The molecule has 1 saturated heterocycles. The van der Waals surface area contributed by atoms with Crippen molar-refractivity contribution in [3.8, 4) is 0 Å². The first kappa shape index (κ1) is 20.6. The monoisotopic (exact) mass is 399 g/mol. The molecule has 2 aliphatic carbocycles. The molecule has 27 heavy (non-hydrogen) atoms. The molecule has 1 spiro atoms. The summed E-state index contributed by atoms with van der Waals surface area (Å²) in [5.74, 6) is -0.0970. The van der Waals surface area contributed by atoms with E-state index >= 15 is 0 Å². The maximum absolute atomic E-state index is 12.0. The minimum Gasteiger partial charge on any atom is -0.443 e. The van der Waals surface area contributed by atoms with Gasteiger partial charge >= 0.3 is 6.09 Å². The lowest BCUT2D eigenvalue weighted by Crippen LogP contribution is -2.54. The Morgan fingerprint density at radius 3 is 2.63 bits per heavy atom. The van der Waals surface area contributed by atoms with Gasteiger partial charge in [0.1, 0.15) is 18.1 Å². The van der Waals surface area contributed by atoms with Crippen molar-refractivity contribution in [3.63, 3.8) is 0 Å². The minimum absolute atomic E-state index is 0.105. The van der Waals surface area contributed by atoms with Crippen molar-refractivity contribution in [2.24, 2.45) is 17.3 Å². The Labute approximate surface area is 165 Å². The van der Waals surface area contributed by atoms with Crippen molar-refractivity contribution in [2.45, 2.75) is 64.3 Å². The third-order valence-electron chi connectivity index (χ3n) is 6.50. The normalized spacial score (nSPS) is 39.6. The van der Waals surface area contributed by atoms with Crippen LogP contribution in [0.4, 0.5) is 4.79 Å². The number of nitrogens with one attached hydrogen (secondary N) is 1. The molecule has 7 heteroatoms. The van der Waals surface area contributed by atoms with E-state index in [0.717, 1.165) is 25.9 Å². The largest absolute Gasteiger partial charge is 0.443 e. The molecule has 3 rings (SSSR count). The molecule has 2 unspecified atom stereocenters. The Hall–Kier alpha value is -1.11. The second kappa shape index (κ2) is 7.72. The third-order valence-corrected chi connectivity index (χ3v) is 6.74. The van der Waals surface area contributed by atoms with E-state index in [1.807, 2.05) is 0 Å². The predicted molar refractivity (Wildman–Crippen MR) is 102 cm³/mol. The molecule has 0 aromatic rings. The van der Waals surface area contributed by atoms with E-state index in [-0.39, 0.29) is 28.9 Å². The van der Waals surface area contributed by atoms with Gasteiger partial charge in [0.25, 0.3) is 0 Å². The average Bonchev–Trinajstić information content (AvgIpc) is 3.52. The Balaban J connectivity index is 1.73. The molecule has 2 amide bonds. The second-order valence-corrected chi connectivity index (χ2v) is 8.89. The van der Waals surface area contributed by atoms with E-state index in [1.54, 1.807) is 7.11 Å². The number of ether oxygens (including phenoxy) is 3. The summed E-state index contributed by atoms with van der Waals surface area (Å²) in [6.07, 6.45) is 4.55. The van der Waals surface area contributed by atoms with E-state index in [2.05, 4.69) is 32.2 Å². The van der Waals surface area contributed by atoms with Gasteiger partial charge in [-0.15, -0.1) is 11.6 Å². The van der Waals surface area contributed by atoms with Crippen molar-refractivity contribution in [2.75, 3.05) is 19.6 Å². The van der Waals surface area contributed by atoms with E-state index < -0.39 is 18.1 Å². The van der Waals surface area contributed by atoms with Crippen LogP contribution in [-0.2, 0) is 19.0 Å². The first-order chi connectivity index (χ1) is 12.8. The molecule has 0 aromatic carbocycles. The van der Waals surface area contributed by atoms with Gasteiger partial charge in [0.2, 0.25) is 5.91 Å². The highest BCUT2D eigenvalue weighted by molar-refractivity contribution is 6.28. The minimum atomic E-state index is -0.763. The summed E-state index contributed by atoms with van der Waals surface area (Å²) in [6, 6.07) is 0. The number of halogens is 1. The van der Waals surface area contributed by atoms with Gasteiger partial charge < -0.3 is 14.2 Å². The molecule has 1 aliphatic heterocycles. The van der Waals surface area contributed by atoms with E-state index in [4.69, 9.17) is 25.8 Å². The molecule has 1 heterocycles. The molecule has 0 aromatic heterocycles. The van der Waals surface area contributed by atoms with Crippen molar-refractivity contribution in [1.29, 1.82) is 0 Å². The highest BCUT2D eigenvalue weighted by Crippen LogP contribution is 2.68. The number of carbonyl (C=O) groups is 2. The molecule has 152 valence electrons. The van der Waals surface area contributed by atoms with Crippen LogP contribution in [0.2, 0.25) is 0 Å². The number of amides is 2. The summed E-state index contributed by atoms with van der Waals surface area (Å²) in [5.41, 5.74) is 1.28. The zero-order valence-corrected chi connectivity index (χ0v) is 17.3. The summed E-state index contributed by atoms with van der Waals surface area (Å²) in [7, 11) is 1.66. The Morgan fingerprint density at radius 2 is 2.07 bits per heavy atom. The quantitative estimate of drug-likeness (QED) is 0.420. The van der Waals surface area contributed by atoms with Gasteiger partial charge in [-0.05, 0) is 50.9 Å². The lowest BCUT2D eigenvalue weighted by molar-refractivity contribution is -0.125. The van der Waals surface area contributed by atoms with Crippen LogP contribution in [-0.4, -0.2) is 49.4 Å². The summed E-state index contributed by atoms with van der Waals surface area (Å²) in [5, 5.41) is 2.14. The van der Waals surface area contributed by atoms with Gasteiger partial charge in [0, 0.05) is 13.0 Å². The number of alkyl halides is 1. The number of methoxy groups -OCH3 is 1. The molecule has 0 bridgehead atoms. The summed E-state index contributed by atoms with van der Waals surface area (Å²) >= 11 is 5.43. The van der Waals surface area contributed by atoms with Crippen molar-refractivity contribution < 1.29 is 23.8 Å². The third kappa shape index (κ3) is 4.17. The molecule has 0 radical (unpaired) electrons. The fourth-order valence-electron chi connectivity index (χ4n) is 4.92. The van der Waals surface area contributed by atoms with Crippen LogP contribution in [0.25, 0.3) is 0 Å². The highest BCUT2D eigenvalue weighted by Gasteiger charge is 2.70. The standard InChI is InChI=1S/C20H30ClNO5/c1-12(2)5-6-13-9-19(13,3)17-16(25-4)14(7-8-20(17)11-26-20)27-18(24)22-15(23)10-21/h5,13-14,16-17H,6-11H2,1-4H3,(H,22,23,24)/t13-,14+,16+,17?,19?,20-/m0/s1. The van der Waals surface area contributed by atoms with Gasteiger partial charge in [-0.25, -0.2) is 4.79 Å². The molecule has 6 atom stereocenters. The van der Waals surface area contributed by atoms with Gasteiger partial charge in [0.05, 0.1) is 12.2 Å². The zero-order chi connectivity index (χ0) is 19.8. The Kier molecular flexibility index (Phi) is 5.90. The smallest absolute Gasteiger partial charge is 0.414 e. The molecule has 6 nitrogen and oxygen atoms in total. The Morgan fingerprint density at radius 1 is 1.37 bits per heavy atom. The van der Waals surface area contributed by atoms with Gasteiger partial charge in [-0.3, -0.25) is 10.1 Å². The van der Waals surface area contributed by atoms with Crippen LogP contribution in [0.1, 0.15) is 46.5 Å². The van der Waals surface area contributed by atoms with Crippen LogP contribution in [0, 0.1) is 17.3 Å². The van der Waals surface area contributed by atoms with Gasteiger partial charge in [-0.1, -0.05) is 18.6 Å². The summed E-state index contributed by atoms with van der Waals surface area (Å²) in [6.45, 7) is 7.28. The summed E-state index contributed by atoms with van der Waals surface area (Å²) < 4.78 is 17.3. The van der Waals surface area contributed by atoms with Crippen molar-refractivity contribution >= 4 is 23.6 Å². The number of alkyl carbamates (subject to hydrolysis) is 1. The van der Waals surface area contributed by atoms with Crippen molar-refractivity contribution in [3.05, 3.63) is 11.6 Å².